The molecule has 0 amide bonds. The first-order valence-corrected chi connectivity index (χ1v) is 8.83. The maximum atomic E-state index is 14.5. The van der Waals surface area contributed by atoms with Crippen LogP contribution in [-0.4, -0.2) is 19.6 Å². The van der Waals surface area contributed by atoms with Gasteiger partial charge in [-0.3, -0.25) is 4.79 Å². The Balaban J connectivity index is 1.87. The quantitative estimate of drug-likeness (QED) is 0.462. The summed E-state index contributed by atoms with van der Waals surface area (Å²) < 4.78 is 55.5. The van der Waals surface area contributed by atoms with Gasteiger partial charge in [-0.15, -0.1) is 0 Å². The molecule has 0 atom stereocenters. The van der Waals surface area contributed by atoms with E-state index in [1.165, 1.54) is 24.0 Å². The van der Waals surface area contributed by atoms with Crippen LogP contribution in [0.2, 0.25) is 0 Å². The van der Waals surface area contributed by atoms with E-state index in [0.29, 0.717) is 17.4 Å². The predicted octanol–water partition coefficient (Wildman–Crippen LogP) is 4.55. The average Bonchev–Trinajstić information content (AvgIpc) is 3.19. The Kier molecular flexibility index (Phi) is 4.73. The zero-order valence-electron chi connectivity index (χ0n) is 15.6. The van der Waals surface area contributed by atoms with Gasteiger partial charge in [0.15, 0.2) is 5.69 Å². The van der Waals surface area contributed by atoms with E-state index in [0.717, 1.165) is 16.8 Å². The topological polar surface area (TPSA) is 52.7 Å². The van der Waals surface area contributed by atoms with E-state index in [1.54, 1.807) is 30.3 Å². The number of alkyl halides is 3. The van der Waals surface area contributed by atoms with Gasteiger partial charge in [-0.1, -0.05) is 18.2 Å². The van der Waals surface area contributed by atoms with Crippen molar-refractivity contribution >= 4 is 0 Å². The zero-order chi connectivity index (χ0) is 21.5. The minimum Gasteiger partial charge on any atom is -0.287 e. The zero-order valence-corrected chi connectivity index (χ0v) is 15.6. The molecule has 0 aliphatic carbocycles. The van der Waals surface area contributed by atoms with Gasteiger partial charge in [0.1, 0.15) is 11.5 Å². The molecule has 0 radical (unpaired) electrons. The minimum atomic E-state index is -4.67. The van der Waals surface area contributed by atoms with Gasteiger partial charge in [0.05, 0.1) is 23.1 Å². The molecule has 4 rings (SSSR count). The molecule has 0 saturated carbocycles. The summed E-state index contributed by atoms with van der Waals surface area (Å²) in [5.74, 6) is -1.11. The molecule has 2 aromatic carbocycles. The molecule has 4 aromatic rings. The van der Waals surface area contributed by atoms with Gasteiger partial charge in [0.25, 0.3) is 0 Å². The van der Waals surface area contributed by atoms with Gasteiger partial charge in [0, 0.05) is 11.8 Å². The fourth-order valence-corrected chi connectivity index (χ4v) is 3.03. The molecule has 9 heteroatoms. The first-order chi connectivity index (χ1) is 14.3. The number of aromatic nitrogens is 4. The van der Waals surface area contributed by atoms with Crippen LogP contribution in [0.4, 0.5) is 17.6 Å². The highest BCUT2D eigenvalue weighted by Gasteiger charge is 2.31. The number of aryl methyl sites for hydroxylation is 1. The molecule has 2 heterocycles. The molecule has 0 spiro atoms. The first-order valence-electron chi connectivity index (χ1n) is 8.83. The fraction of sp³-hybridized carbons (Fsp3) is 0.0952. The van der Waals surface area contributed by atoms with Crippen LogP contribution in [0.25, 0.3) is 22.8 Å². The number of halogens is 4. The largest absolute Gasteiger partial charge is 0.416 e. The Morgan fingerprint density at radius 3 is 2.40 bits per heavy atom. The van der Waals surface area contributed by atoms with Crippen LogP contribution in [0, 0.1) is 12.7 Å². The highest BCUT2D eigenvalue weighted by molar-refractivity contribution is 5.58. The molecule has 30 heavy (non-hydrogen) atoms. The van der Waals surface area contributed by atoms with Gasteiger partial charge >= 0.3 is 6.18 Å². The monoisotopic (exact) mass is 414 g/mol. The maximum Gasteiger partial charge on any atom is 0.416 e. The molecule has 0 unspecified atom stereocenters. The summed E-state index contributed by atoms with van der Waals surface area (Å²) in [6.07, 6.45) is -1.89. The van der Waals surface area contributed by atoms with Crippen LogP contribution in [-0.2, 0) is 6.18 Å². The number of hydrogen-bond acceptors (Lipinski definition) is 3. The summed E-state index contributed by atoms with van der Waals surface area (Å²) in [5, 5.41) is 8.43. The Morgan fingerprint density at radius 1 is 1.00 bits per heavy atom. The Bertz CT molecular complexity index is 1280. The second kappa shape index (κ2) is 7.25. The van der Waals surface area contributed by atoms with Gasteiger partial charge in [0.2, 0.25) is 5.43 Å². The van der Waals surface area contributed by atoms with Crippen LogP contribution in [0.15, 0.2) is 71.8 Å². The van der Waals surface area contributed by atoms with E-state index in [9.17, 15) is 22.4 Å². The number of para-hydroxylation sites is 1. The van der Waals surface area contributed by atoms with E-state index in [-0.39, 0.29) is 16.9 Å². The highest BCUT2D eigenvalue weighted by Crippen LogP contribution is 2.31. The standard InChI is InChI=1S/C21H14F4N4O/c1-13-12-28(17-8-7-14(11-16(17)22)21(23,24)25)27-19(20(13)30)18-9-10-26-29(18)15-5-3-2-4-6-15/h2-12H,1H3. The first kappa shape index (κ1) is 19.6. The lowest BCUT2D eigenvalue weighted by Gasteiger charge is -2.13. The van der Waals surface area contributed by atoms with Crippen molar-refractivity contribution in [2.24, 2.45) is 0 Å². The van der Waals surface area contributed by atoms with Crippen molar-refractivity contribution in [2.75, 3.05) is 0 Å². The van der Waals surface area contributed by atoms with Crippen molar-refractivity contribution in [1.82, 2.24) is 19.6 Å². The van der Waals surface area contributed by atoms with Gasteiger partial charge in [-0.05, 0) is 43.3 Å². The number of benzene rings is 2. The molecule has 0 aliphatic rings. The van der Waals surface area contributed by atoms with E-state index in [4.69, 9.17) is 0 Å². The molecule has 0 N–H and O–H groups in total. The number of rotatable bonds is 3. The van der Waals surface area contributed by atoms with Crippen LogP contribution < -0.4 is 5.43 Å². The van der Waals surface area contributed by atoms with Crippen LogP contribution in [0.1, 0.15) is 11.1 Å². The molecule has 0 fully saturated rings. The minimum absolute atomic E-state index is 0.00403. The molecule has 0 saturated heterocycles. The van der Waals surface area contributed by atoms with Crippen molar-refractivity contribution in [1.29, 1.82) is 0 Å². The third-order valence-electron chi connectivity index (χ3n) is 4.50. The van der Waals surface area contributed by atoms with Gasteiger partial charge in [-0.2, -0.15) is 23.4 Å². The van der Waals surface area contributed by atoms with Crippen LogP contribution >= 0.6 is 0 Å². The Hall–Kier alpha value is -3.75. The van der Waals surface area contributed by atoms with Crippen LogP contribution in [0.5, 0.6) is 0 Å². The molecule has 5 nitrogen and oxygen atoms in total. The van der Waals surface area contributed by atoms with Crippen LogP contribution in [0.3, 0.4) is 0 Å². The maximum absolute atomic E-state index is 14.5. The summed E-state index contributed by atoms with van der Waals surface area (Å²) in [6, 6.07) is 12.8. The van der Waals surface area contributed by atoms with Gasteiger partial charge < -0.3 is 0 Å². The molecule has 0 bridgehead atoms. The van der Waals surface area contributed by atoms with Crippen molar-refractivity contribution in [2.45, 2.75) is 13.1 Å². The lowest BCUT2D eigenvalue weighted by Crippen LogP contribution is -2.19. The van der Waals surface area contributed by atoms with E-state index in [1.807, 2.05) is 6.07 Å². The fourth-order valence-electron chi connectivity index (χ4n) is 3.03. The third kappa shape index (κ3) is 3.49. The Morgan fingerprint density at radius 2 is 1.73 bits per heavy atom. The Labute approximate surface area is 167 Å². The third-order valence-corrected chi connectivity index (χ3v) is 4.50. The average molecular weight is 414 g/mol. The smallest absolute Gasteiger partial charge is 0.287 e. The molecular weight excluding hydrogens is 400 g/mol. The van der Waals surface area contributed by atoms with E-state index >= 15 is 0 Å². The summed E-state index contributed by atoms with van der Waals surface area (Å²) in [4.78, 5) is 12.7. The summed E-state index contributed by atoms with van der Waals surface area (Å²) in [5.41, 5.74) is -0.405. The molecular formula is C21H14F4N4O. The summed E-state index contributed by atoms with van der Waals surface area (Å²) in [7, 11) is 0. The van der Waals surface area contributed by atoms with Crippen molar-refractivity contribution in [3.63, 3.8) is 0 Å². The molecule has 2 aromatic heterocycles. The normalized spacial score (nSPS) is 11.6. The van der Waals surface area contributed by atoms with E-state index in [2.05, 4.69) is 10.2 Å². The summed E-state index contributed by atoms with van der Waals surface area (Å²) >= 11 is 0. The lowest BCUT2D eigenvalue weighted by atomic mass is 10.1. The van der Waals surface area contributed by atoms with E-state index < -0.39 is 23.0 Å². The molecule has 0 aliphatic heterocycles. The van der Waals surface area contributed by atoms with Crippen molar-refractivity contribution in [3.8, 4) is 22.8 Å². The second-order valence-corrected chi connectivity index (χ2v) is 6.56. The lowest BCUT2D eigenvalue weighted by molar-refractivity contribution is -0.137. The molecule has 152 valence electrons. The number of hydrogen-bond donors (Lipinski definition) is 0. The van der Waals surface area contributed by atoms with Crippen molar-refractivity contribution < 1.29 is 17.6 Å². The van der Waals surface area contributed by atoms with Gasteiger partial charge in [-0.25, -0.2) is 13.8 Å². The van der Waals surface area contributed by atoms with Crippen molar-refractivity contribution in [3.05, 3.63) is 94.2 Å². The highest BCUT2D eigenvalue weighted by atomic mass is 19.4. The summed E-state index contributed by atoms with van der Waals surface area (Å²) in [6.45, 7) is 1.52. The predicted molar refractivity (Wildman–Crippen MR) is 102 cm³/mol. The second-order valence-electron chi connectivity index (χ2n) is 6.56. The number of nitrogens with zero attached hydrogens (tertiary/aromatic N) is 4. The SMILES string of the molecule is Cc1cn(-c2ccc(C(F)(F)F)cc2F)nc(-c2ccnn2-c2ccccc2)c1=O.